The van der Waals surface area contributed by atoms with Crippen molar-refractivity contribution in [3.63, 3.8) is 0 Å². The Labute approximate surface area is 159 Å². The molecule has 0 N–H and O–H groups in total. The van der Waals surface area contributed by atoms with Gasteiger partial charge in [-0.2, -0.15) is 0 Å². The molecule has 2 rings (SSSR count). The van der Waals surface area contributed by atoms with Gasteiger partial charge >= 0.3 is 0 Å². The van der Waals surface area contributed by atoms with Crippen LogP contribution in [0.1, 0.15) is 27.7 Å². The Kier molecular flexibility index (Phi) is 6.80. The molecule has 2 unspecified atom stereocenters. The number of carbonyl (C=O) groups excluding carboxylic acids is 1. The first-order valence-electron chi connectivity index (χ1n) is 7.71. The zero-order valence-electron chi connectivity index (χ0n) is 13.8. The predicted molar refractivity (Wildman–Crippen MR) is 107 cm³/mol. The number of Topliss-reactive ketones (excluding diaryl/α,β-unsaturated/α-hetero) is 1. The van der Waals surface area contributed by atoms with Gasteiger partial charge < -0.3 is 0 Å². The smallest absolute Gasteiger partial charge is 0.168 e. The fourth-order valence-corrected chi connectivity index (χ4v) is 7.08. The standard InChI is InChI=1S/C15H26Br2N2OS2/c1-14(2)18(5-7-21-14)11(9-16)13(20)12(10-17)19-6-8-22-15(19,3)4/h11-12H,5-10H2,1-4H3. The highest BCUT2D eigenvalue weighted by atomic mass is 79.9. The highest BCUT2D eigenvalue weighted by Crippen LogP contribution is 2.40. The van der Waals surface area contributed by atoms with Crippen LogP contribution in [0.2, 0.25) is 0 Å². The van der Waals surface area contributed by atoms with Crippen LogP contribution >= 0.6 is 55.4 Å². The lowest BCUT2D eigenvalue weighted by molar-refractivity contribution is -0.129. The number of alkyl halides is 2. The maximum absolute atomic E-state index is 13.3. The van der Waals surface area contributed by atoms with E-state index in [4.69, 9.17) is 0 Å². The Morgan fingerprint density at radius 3 is 1.55 bits per heavy atom. The molecule has 0 aromatic rings. The van der Waals surface area contributed by atoms with E-state index in [0.29, 0.717) is 16.4 Å². The van der Waals surface area contributed by atoms with Crippen molar-refractivity contribution in [2.45, 2.75) is 49.5 Å². The molecule has 0 aromatic carbocycles. The van der Waals surface area contributed by atoms with Crippen LogP contribution < -0.4 is 0 Å². The molecule has 0 bridgehead atoms. The average molecular weight is 474 g/mol. The minimum absolute atomic E-state index is 0.0419. The average Bonchev–Trinajstić information content (AvgIpc) is 2.95. The van der Waals surface area contributed by atoms with Gasteiger partial charge in [-0.05, 0) is 27.7 Å². The molecule has 22 heavy (non-hydrogen) atoms. The molecule has 2 atom stereocenters. The summed E-state index contributed by atoms with van der Waals surface area (Å²) in [5, 5.41) is 1.42. The number of hydrogen-bond acceptors (Lipinski definition) is 5. The second-order valence-electron chi connectivity index (χ2n) is 6.72. The number of hydrogen-bond donors (Lipinski definition) is 0. The molecule has 0 spiro atoms. The fraction of sp³-hybridized carbons (Fsp3) is 0.933. The fourth-order valence-electron chi connectivity index (χ4n) is 3.40. The van der Waals surface area contributed by atoms with Gasteiger partial charge in [0, 0.05) is 35.3 Å². The Morgan fingerprint density at radius 1 is 0.955 bits per heavy atom. The van der Waals surface area contributed by atoms with Crippen LogP contribution in [0.4, 0.5) is 0 Å². The SMILES string of the molecule is CC1(C)SCCN1C(CBr)C(=O)C(CBr)N1CCSC1(C)C. The first-order valence-corrected chi connectivity index (χ1v) is 11.9. The number of rotatable bonds is 6. The Balaban J connectivity index is 2.19. The third kappa shape index (κ3) is 3.90. The third-order valence-corrected chi connectivity index (χ3v) is 8.54. The second kappa shape index (κ2) is 7.65. The molecule has 0 amide bonds. The van der Waals surface area contributed by atoms with Gasteiger partial charge in [-0.1, -0.05) is 31.9 Å². The van der Waals surface area contributed by atoms with E-state index in [2.05, 4.69) is 69.4 Å². The van der Waals surface area contributed by atoms with Crippen molar-refractivity contribution in [2.75, 3.05) is 35.3 Å². The van der Waals surface area contributed by atoms with Gasteiger partial charge in [-0.15, -0.1) is 23.5 Å². The number of thioether (sulfide) groups is 2. The first-order chi connectivity index (χ1) is 10.2. The maximum Gasteiger partial charge on any atom is 0.168 e. The minimum atomic E-state index is -0.0473. The number of halogens is 2. The van der Waals surface area contributed by atoms with Crippen molar-refractivity contribution >= 4 is 61.2 Å². The van der Waals surface area contributed by atoms with E-state index in [9.17, 15) is 4.79 Å². The number of nitrogens with zero attached hydrogens (tertiary/aromatic N) is 2. The molecule has 2 aliphatic heterocycles. The number of carbonyl (C=O) groups is 1. The van der Waals surface area contributed by atoms with Crippen molar-refractivity contribution in [3.05, 3.63) is 0 Å². The lowest BCUT2D eigenvalue weighted by atomic mass is 10.0. The predicted octanol–water partition coefficient (Wildman–Crippen LogP) is 3.65. The van der Waals surface area contributed by atoms with Gasteiger partial charge in [0.2, 0.25) is 0 Å². The lowest BCUT2D eigenvalue weighted by Crippen LogP contribution is -2.58. The molecule has 0 aromatic heterocycles. The molecule has 2 fully saturated rings. The first kappa shape index (κ1) is 19.6. The van der Waals surface area contributed by atoms with Crippen LogP contribution in [0.3, 0.4) is 0 Å². The van der Waals surface area contributed by atoms with Gasteiger partial charge in [-0.25, -0.2) is 0 Å². The van der Waals surface area contributed by atoms with Gasteiger partial charge in [0.15, 0.2) is 5.78 Å². The summed E-state index contributed by atoms with van der Waals surface area (Å²) in [6, 6.07) is -0.0945. The largest absolute Gasteiger partial charge is 0.296 e. The Hall–Kier alpha value is 1.25. The molecule has 3 nitrogen and oxygen atoms in total. The minimum Gasteiger partial charge on any atom is -0.296 e. The molecule has 2 heterocycles. The maximum atomic E-state index is 13.3. The van der Waals surface area contributed by atoms with Crippen LogP contribution in [-0.4, -0.2) is 72.7 Å². The molecule has 0 aliphatic carbocycles. The summed E-state index contributed by atoms with van der Waals surface area (Å²) in [7, 11) is 0. The molecule has 7 heteroatoms. The third-order valence-electron chi connectivity index (χ3n) is 4.66. The van der Waals surface area contributed by atoms with E-state index >= 15 is 0 Å². The summed E-state index contributed by atoms with van der Waals surface area (Å²) in [5.41, 5.74) is 0. The zero-order valence-corrected chi connectivity index (χ0v) is 18.6. The quantitative estimate of drug-likeness (QED) is 0.548. The van der Waals surface area contributed by atoms with Crippen molar-refractivity contribution in [1.82, 2.24) is 9.80 Å². The van der Waals surface area contributed by atoms with Gasteiger partial charge in [0.05, 0.1) is 21.8 Å². The van der Waals surface area contributed by atoms with Gasteiger partial charge in [0.1, 0.15) is 0 Å². The van der Waals surface area contributed by atoms with Crippen LogP contribution in [0.15, 0.2) is 0 Å². The molecule has 0 saturated carbocycles. The van der Waals surface area contributed by atoms with E-state index in [1.54, 1.807) is 0 Å². The zero-order chi connectivity index (χ0) is 16.5. The molecular formula is C15H26Br2N2OS2. The Bertz CT molecular complexity index is 384. The molecular weight excluding hydrogens is 448 g/mol. The van der Waals surface area contributed by atoms with Crippen LogP contribution in [0.25, 0.3) is 0 Å². The second-order valence-corrected chi connectivity index (χ2v) is 11.4. The highest BCUT2D eigenvalue weighted by Gasteiger charge is 2.46. The topological polar surface area (TPSA) is 23.6 Å². The summed E-state index contributed by atoms with van der Waals surface area (Å²) in [6.07, 6.45) is 0. The van der Waals surface area contributed by atoms with Gasteiger partial charge in [-0.3, -0.25) is 14.6 Å². The summed E-state index contributed by atoms with van der Waals surface area (Å²) >= 11 is 11.1. The Morgan fingerprint density at radius 2 is 1.32 bits per heavy atom. The summed E-state index contributed by atoms with van der Waals surface area (Å²) < 4.78 is 0. The van der Waals surface area contributed by atoms with Crippen LogP contribution in [0, 0.1) is 0 Å². The van der Waals surface area contributed by atoms with E-state index in [1.807, 2.05) is 23.5 Å². The monoisotopic (exact) mass is 472 g/mol. The molecule has 128 valence electrons. The van der Waals surface area contributed by atoms with Gasteiger partial charge in [0.25, 0.3) is 0 Å². The van der Waals surface area contributed by atoms with E-state index < -0.39 is 0 Å². The van der Waals surface area contributed by atoms with E-state index in [1.165, 1.54) is 0 Å². The summed E-state index contributed by atoms with van der Waals surface area (Å²) in [5.74, 6) is 2.56. The lowest BCUT2D eigenvalue weighted by Gasteiger charge is -2.41. The summed E-state index contributed by atoms with van der Waals surface area (Å²) in [6.45, 7) is 10.9. The molecule has 2 aliphatic rings. The highest BCUT2D eigenvalue weighted by molar-refractivity contribution is 9.09. The van der Waals surface area contributed by atoms with E-state index in [0.717, 1.165) is 24.6 Å². The number of ketones is 1. The van der Waals surface area contributed by atoms with Crippen molar-refractivity contribution in [1.29, 1.82) is 0 Å². The van der Waals surface area contributed by atoms with Crippen molar-refractivity contribution < 1.29 is 4.79 Å². The normalized spacial score (nSPS) is 27.9. The van der Waals surface area contributed by atoms with E-state index in [-0.39, 0.29) is 21.8 Å². The molecule has 2 saturated heterocycles. The van der Waals surface area contributed by atoms with Crippen LogP contribution in [-0.2, 0) is 4.79 Å². The van der Waals surface area contributed by atoms with Crippen molar-refractivity contribution in [3.8, 4) is 0 Å². The van der Waals surface area contributed by atoms with Crippen molar-refractivity contribution in [2.24, 2.45) is 0 Å². The molecule has 0 radical (unpaired) electrons. The summed E-state index contributed by atoms with van der Waals surface area (Å²) in [4.78, 5) is 18.1. The van der Waals surface area contributed by atoms with Crippen LogP contribution in [0.5, 0.6) is 0 Å².